The monoisotopic (exact) mass is 647 g/mol. The normalized spacial score (nSPS) is 10.7. The number of aromatic nitrogens is 2. The molecule has 3 nitrogen and oxygen atoms in total. The SMILES string of the molecule is CC(C)c1ccc(-c2[c-]ccc3c2oc2ccccc23)nc1.Cc1c[c-]c(-c2ccccn2)cc1.[Ir]. The Morgan fingerprint density at radius 2 is 1.61 bits per heavy atom. The summed E-state index contributed by atoms with van der Waals surface area (Å²) in [7, 11) is 0. The van der Waals surface area contributed by atoms with Crippen molar-refractivity contribution in [3.05, 3.63) is 121 Å². The average Bonchev–Trinajstić information content (AvgIpc) is 3.29. The number of fused-ring (bicyclic) bond motifs is 3. The molecule has 0 fully saturated rings. The van der Waals surface area contributed by atoms with E-state index in [1.54, 1.807) is 6.20 Å². The fourth-order valence-corrected chi connectivity index (χ4v) is 3.96. The van der Waals surface area contributed by atoms with Crippen molar-refractivity contribution in [3.8, 4) is 22.5 Å². The molecule has 4 heteroatoms. The summed E-state index contributed by atoms with van der Waals surface area (Å²) in [4.78, 5) is 8.85. The summed E-state index contributed by atoms with van der Waals surface area (Å²) in [6, 6.07) is 34.7. The topological polar surface area (TPSA) is 38.9 Å². The predicted molar refractivity (Wildman–Crippen MR) is 143 cm³/mol. The Hall–Kier alpha value is -3.59. The van der Waals surface area contributed by atoms with Crippen LogP contribution in [0.1, 0.15) is 30.9 Å². The number of pyridine rings is 2. The number of furan rings is 1. The Balaban J connectivity index is 0.000000187. The summed E-state index contributed by atoms with van der Waals surface area (Å²) in [5.41, 5.74) is 8.05. The van der Waals surface area contributed by atoms with Crippen LogP contribution in [0.5, 0.6) is 0 Å². The van der Waals surface area contributed by atoms with Crippen molar-refractivity contribution in [1.82, 2.24) is 9.97 Å². The minimum Gasteiger partial charge on any atom is -0.501 e. The molecule has 0 saturated heterocycles. The van der Waals surface area contributed by atoms with Gasteiger partial charge in [-0.05, 0) is 35.0 Å². The van der Waals surface area contributed by atoms with E-state index in [1.165, 1.54) is 11.1 Å². The molecule has 6 aromatic rings. The van der Waals surface area contributed by atoms with Crippen LogP contribution in [0.2, 0.25) is 0 Å². The number of para-hydroxylation sites is 1. The van der Waals surface area contributed by atoms with Gasteiger partial charge in [0.25, 0.3) is 0 Å². The molecule has 3 aromatic carbocycles. The van der Waals surface area contributed by atoms with Gasteiger partial charge in [-0.15, -0.1) is 53.6 Å². The van der Waals surface area contributed by atoms with Gasteiger partial charge in [0.15, 0.2) is 0 Å². The molecule has 3 heterocycles. The van der Waals surface area contributed by atoms with Crippen molar-refractivity contribution in [2.75, 3.05) is 0 Å². The first-order valence-corrected chi connectivity index (χ1v) is 11.8. The second-order valence-corrected chi connectivity index (χ2v) is 8.82. The summed E-state index contributed by atoms with van der Waals surface area (Å²) < 4.78 is 6.04. The molecule has 3 aromatic heterocycles. The van der Waals surface area contributed by atoms with Gasteiger partial charge < -0.3 is 14.4 Å². The summed E-state index contributed by atoms with van der Waals surface area (Å²) in [6.07, 6.45) is 3.73. The summed E-state index contributed by atoms with van der Waals surface area (Å²) in [5.74, 6) is 0.479. The van der Waals surface area contributed by atoms with Crippen LogP contribution in [0.15, 0.2) is 102 Å². The van der Waals surface area contributed by atoms with Crippen LogP contribution >= 0.6 is 0 Å². The van der Waals surface area contributed by atoms with E-state index >= 15 is 0 Å². The minimum absolute atomic E-state index is 0. The molecule has 0 aliphatic rings. The Morgan fingerprint density at radius 1 is 0.778 bits per heavy atom. The third-order valence-corrected chi connectivity index (χ3v) is 5.96. The third-order valence-electron chi connectivity index (χ3n) is 5.96. The second kappa shape index (κ2) is 11.4. The maximum absolute atomic E-state index is 6.04. The molecule has 0 spiro atoms. The zero-order valence-corrected chi connectivity index (χ0v) is 22.8. The smallest absolute Gasteiger partial charge is 0.120 e. The van der Waals surface area contributed by atoms with Gasteiger partial charge in [-0.1, -0.05) is 74.2 Å². The average molecular weight is 647 g/mol. The van der Waals surface area contributed by atoms with E-state index in [0.29, 0.717) is 5.92 Å². The Morgan fingerprint density at radius 3 is 2.31 bits per heavy atom. The number of rotatable bonds is 3. The maximum atomic E-state index is 6.04. The van der Waals surface area contributed by atoms with Crippen molar-refractivity contribution in [3.63, 3.8) is 0 Å². The maximum Gasteiger partial charge on any atom is 0.120 e. The van der Waals surface area contributed by atoms with Crippen LogP contribution < -0.4 is 0 Å². The summed E-state index contributed by atoms with van der Waals surface area (Å²) in [6.45, 7) is 6.39. The van der Waals surface area contributed by atoms with E-state index < -0.39 is 0 Å². The molecule has 36 heavy (non-hydrogen) atoms. The van der Waals surface area contributed by atoms with Crippen molar-refractivity contribution in [2.45, 2.75) is 26.7 Å². The number of nitrogens with zero attached hydrogens (tertiary/aromatic N) is 2. The van der Waals surface area contributed by atoms with E-state index in [-0.39, 0.29) is 20.1 Å². The van der Waals surface area contributed by atoms with Gasteiger partial charge in [0.1, 0.15) is 5.58 Å². The quantitative estimate of drug-likeness (QED) is 0.181. The summed E-state index contributed by atoms with van der Waals surface area (Å²) in [5, 5.41) is 2.24. The number of hydrogen-bond acceptors (Lipinski definition) is 3. The van der Waals surface area contributed by atoms with Crippen LogP contribution in [-0.2, 0) is 20.1 Å². The zero-order chi connectivity index (χ0) is 24.2. The van der Waals surface area contributed by atoms with Gasteiger partial charge in [-0.2, -0.15) is 0 Å². The largest absolute Gasteiger partial charge is 0.501 e. The second-order valence-electron chi connectivity index (χ2n) is 8.82. The van der Waals surface area contributed by atoms with Crippen molar-refractivity contribution < 1.29 is 24.5 Å². The van der Waals surface area contributed by atoms with E-state index in [2.05, 4.69) is 61.1 Å². The zero-order valence-electron chi connectivity index (χ0n) is 20.5. The molecule has 0 N–H and O–H groups in total. The molecule has 6 rings (SSSR count). The van der Waals surface area contributed by atoms with E-state index in [0.717, 1.165) is 44.5 Å². The molecular weight excluding hydrogens is 621 g/mol. The van der Waals surface area contributed by atoms with Crippen molar-refractivity contribution in [1.29, 1.82) is 0 Å². The third kappa shape index (κ3) is 5.46. The van der Waals surface area contributed by atoms with E-state index in [9.17, 15) is 0 Å². The summed E-state index contributed by atoms with van der Waals surface area (Å²) >= 11 is 0. The molecule has 0 unspecified atom stereocenters. The number of benzene rings is 3. The molecule has 0 amide bonds. The van der Waals surface area contributed by atoms with Gasteiger partial charge >= 0.3 is 0 Å². The van der Waals surface area contributed by atoms with Crippen LogP contribution in [-0.4, -0.2) is 9.97 Å². The number of hydrogen-bond donors (Lipinski definition) is 0. The van der Waals surface area contributed by atoms with E-state index in [1.807, 2.05) is 72.9 Å². The van der Waals surface area contributed by atoms with Gasteiger partial charge in [-0.25, -0.2) is 0 Å². The molecule has 0 bridgehead atoms. The van der Waals surface area contributed by atoms with Crippen LogP contribution in [0.25, 0.3) is 44.5 Å². The molecule has 0 atom stereocenters. The predicted octanol–water partition coefficient (Wildman–Crippen LogP) is 8.43. The van der Waals surface area contributed by atoms with Gasteiger partial charge in [0, 0.05) is 37.9 Å². The van der Waals surface area contributed by atoms with Crippen LogP contribution in [0.4, 0.5) is 0 Å². The fraction of sp³-hybridized carbons (Fsp3) is 0.125. The first kappa shape index (κ1) is 25.5. The number of aryl methyl sites for hydroxylation is 1. The molecule has 0 aliphatic heterocycles. The molecule has 1 radical (unpaired) electrons. The molecular formula is C32H26IrN2O-2. The Labute approximate surface area is 225 Å². The Kier molecular flexibility index (Phi) is 8.10. The van der Waals surface area contributed by atoms with Crippen LogP contribution in [0, 0.1) is 19.1 Å². The van der Waals surface area contributed by atoms with Gasteiger partial charge in [0.2, 0.25) is 0 Å². The molecule has 181 valence electrons. The first-order valence-electron chi connectivity index (χ1n) is 11.8. The van der Waals surface area contributed by atoms with Crippen LogP contribution in [0.3, 0.4) is 0 Å². The molecule has 0 saturated carbocycles. The minimum atomic E-state index is 0. The van der Waals surface area contributed by atoms with Crippen molar-refractivity contribution >= 4 is 21.9 Å². The van der Waals surface area contributed by atoms with E-state index in [4.69, 9.17) is 4.42 Å². The molecule has 0 aliphatic carbocycles. The Bertz CT molecular complexity index is 1550. The van der Waals surface area contributed by atoms with Gasteiger partial charge in [-0.3, -0.25) is 0 Å². The fourth-order valence-electron chi connectivity index (χ4n) is 3.96. The van der Waals surface area contributed by atoms with Crippen molar-refractivity contribution in [2.24, 2.45) is 0 Å². The van der Waals surface area contributed by atoms with Gasteiger partial charge in [0.05, 0.1) is 5.58 Å². The first-order chi connectivity index (χ1) is 17.1. The standard InChI is InChI=1S/C20H16NO.C12H10N.Ir/c1-13(2)14-10-11-18(21-12-14)17-8-5-7-16-15-6-3-4-9-19(15)22-20(16)17;1-10-5-7-11(8-6-10)12-4-2-3-9-13-12;/h3-7,9-13H,1-2H3;2-7,9H,1H3;/q2*-1;.